The fourth-order valence-electron chi connectivity index (χ4n) is 1.24. The van der Waals surface area contributed by atoms with Crippen molar-refractivity contribution < 1.29 is 4.79 Å². The van der Waals surface area contributed by atoms with Crippen LogP contribution in [0.3, 0.4) is 0 Å². The van der Waals surface area contributed by atoms with Gasteiger partial charge in [0.25, 0.3) is 5.91 Å². The molecular formula is C8H7BrN2OS2. The average molecular weight is 291 g/mol. The third-order valence-electron chi connectivity index (χ3n) is 1.94. The van der Waals surface area contributed by atoms with E-state index in [-0.39, 0.29) is 11.9 Å². The molecule has 1 saturated heterocycles. The van der Waals surface area contributed by atoms with Gasteiger partial charge < -0.3 is 10.6 Å². The smallest absolute Gasteiger partial charge is 0.254 e. The summed E-state index contributed by atoms with van der Waals surface area (Å²) >= 11 is 9.87. The molecule has 74 valence electrons. The van der Waals surface area contributed by atoms with Crippen molar-refractivity contribution in [2.45, 2.75) is 13.0 Å². The maximum Gasteiger partial charge on any atom is 0.254 e. The van der Waals surface area contributed by atoms with Crippen LogP contribution in [0.2, 0.25) is 0 Å². The summed E-state index contributed by atoms with van der Waals surface area (Å²) in [6.45, 7) is 2.00. The lowest BCUT2D eigenvalue weighted by molar-refractivity contribution is -0.120. The third-order valence-corrected chi connectivity index (χ3v) is 4.36. The molecule has 1 amide bonds. The van der Waals surface area contributed by atoms with Crippen LogP contribution in [-0.2, 0) is 4.79 Å². The van der Waals surface area contributed by atoms with Gasteiger partial charge in [0.05, 0.1) is 0 Å². The van der Waals surface area contributed by atoms with Gasteiger partial charge in [0.1, 0.15) is 6.04 Å². The first-order chi connectivity index (χ1) is 6.58. The zero-order valence-electron chi connectivity index (χ0n) is 7.26. The number of hydrogen-bond donors (Lipinski definition) is 2. The van der Waals surface area contributed by atoms with E-state index in [1.165, 1.54) is 0 Å². The second-order valence-corrected chi connectivity index (χ2v) is 5.50. The van der Waals surface area contributed by atoms with Gasteiger partial charge in [-0.1, -0.05) is 0 Å². The van der Waals surface area contributed by atoms with Crippen molar-refractivity contribution in [2.24, 2.45) is 0 Å². The Kier molecular flexibility index (Phi) is 2.59. The van der Waals surface area contributed by atoms with Gasteiger partial charge in [-0.3, -0.25) is 4.79 Å². The Morgan fingerprint density at radius 2 is 2.36 bits per heavy atom. The first kappa shape index (κ1) is 10.1. The molecule has 0 aliphatic carbocycles. The first-order valence-electron chi connectivity index (χ1n) is 3.95. The number of carbonyl (C=O) groups is 1. The molecule has 1 unspecified atom stereocenters. The molecule has 0 saturated carbocycles. The Morgan fingerprint density at radius 3 is 2.79 bits per heavy atom. The second-order valence-electron chi connectivity index (χ2n) is 2.95. The van der Waals surface area contributed by atoms with Crippen LogP contribution in [-0.4, -0.2) is 11.0 Å². The highest BCUT2D eigenvalue weighted by atomic mass is 79.9. The molecule has 1 fully saturated rings. The van der Waals surface area contributed by atoms with Gasteiger partial charge in [-0.2, -0.15) is 0 Å². The monoisotopic (exact) mass is 290 g/mol. The van der Waals surface area contributed by atoms with Gasteiger partial charge in [0.15, 0.2) is 5.11 Å². The van der Waals surface area contributed by atoms with Crippen molar-refractivity contribution in [3.05, 3.63) is 20.3 Å². The summed E-state index contributed by atoms with van der Waals surface area (Å²) in [7, 11) is 0. The summed E-state index contributed by atoms with van der Waals surface area (Å²) in [5.74, 6) is -0.0799. The van der Waals surface area contributed by atoms with E-state index in [9.17, 15) is 4.79 Å². The van der Waals surface area contributed by atoms with Crippen molar-refractivity contribution in [1.82, 2.24) is 10.6 Å². The van der Waals surface area contributed by atoms with Gasteiger partial charge in [-0.05, 0) is 41.1 Å². The van der Waals surface area contributed by atoms with E-state index in [1.807, 2.05) is 13.0 Å². The van der Waals surface area contributed by atoms with E-state index >= 15 is 0 Å². The van der Waals surface area contributed by atoms with Gasteiger partial charge in [-0.15, -0.1) is 11.3 Å². The molecule has 2 heterocycles. The number of hydrogen-bond acceptors (Lipinski definition) is 3. The van der Waals surface area contributed by atoms with Crippen LogP contribution in [0.4, 0.5) is 0 Å². The highest BCUT2D eigenvalue weighted by Crippen LogP contribution is 2.31. The summed E-state index contributed by atoms with van der Waals surface area (Å²) in [6.07, 6.45) is 0. The molecule has 1 aromatic heterocycles. The first-order valence-corrected chi connectivity index (χ1v) is 5.97. The minimum atomic E-state index is -0.322. The lowest BCUT2D eigenvalue weighted by Gasteiger charge is -2.02. The standard InChI is InChI=1S/C8H7BrN2OS2/c1-3-4(9)2-5(14-3)6-7(12)11-8(13)10-6/h2,6H,1H3,(H2,10,11,12,13). The second kappa shape index (κ2) is 3.60. The molecule has 1 aliphatic heterocycles. The predicted molar refractivity (Wildman–Crippen MR) is 63.4 cm³/mol. The predicted octanol–water partition coefficient (Wildman–Crippen LogP) is 1.86. The summed E-state index contributed by atoms with van der Waals surface area (Å²) in [5.41, 5.74) is 0. The van der Waals surface area contributed by atoms with Gasteiger partial charge in [-0.25, -0.2) is 0 Å². The zero-order valence-corrected chi connectivity index (χ0v) is 10.5. The lowest BCUT2D eigenvalue weighted by Crippen LogP contribution is -2.21. The number of nitrogens with one attached hydrogen (secondary N) is 2. The highest BCUT2D eigenvalue weighted by molar-refractivity contribution is 9.10. The molecular weight excluding hydrogens is 284 g/mol. The van der Waals surface area contributed by atoms with E-state index in [2.05, 4.69) is 26.6 Å². The Morgan fingerprint density at radius 1 is 1.64 bits per heavy atom. The normalized spacial score (nSPS) is 20.9. The zero-order chi connectivity index (χ0) is 10.3. The van der Waals surface area contributed by atoms with Crippen molar-refractivity contribution >= 4 is 50.5 Å². The number of thiophene rings is 1. The fraction of sp³-hybridized carbons (Fsp3) is 0.250. The molecule has 0 radical (unpaired) electrons. The minimum absolute atomic E-state index is 0.0799. The van der Waals surface area contributed by atoms with Crippen LogP contribution in [0, 0.1) is 6.92 Å². The van der Waals surface area contributed by atoms with Crippen LogP contribution >= 0.6 is 39.5 Å². The molecule has 2 N–H and O–H groups in total. The average Bonchev–Trinajstić information content (AvgIpc) is 2.57. The van der Waals surface area contributed by atoms with Crippen molar-refractivity contribution in [1.29, 1.82) is 0 Å². The van der Waals surface area contributed by atoms with Crippen LogP contribution in [0.15, 0.2) is 10.5 Å². The van der Waals surface area contributed by atoms with Crippen LogP contribution in [0.1, 0.15) is 15.8 Å². The van der Waals surface area contributed by atoms with Crippen molar-refractivity contribution in [3.63, 3.8) is 0 Å². The highest BCUT2D eigenvalue weighted by Gasteiger charge is 2.30. The lowest BCUT2D eigenvalue weighted by atomic mass is 10.2. The quantitative estimate of drug-likeness (QED) is 0.776. The fourth-order valence-corrected chi connectivity index (χ4v) is 3.07. The molecule has 1 aliphatic rings. The Hall–Kier alpha value is -0.460. The maximum absolute atomic E-state index is 11.4. The molecule has 0 aromatic carbocycles. The summed E-state index contributed by atoms with van der Waals surface area (Å²) in [5, 5.41) is 5.89. The number of aryl methyl sites for hydroxylation is 1. The molecule has 0 spiro atoms. The molecule has 14 heavy (non-hydrogen) atoms. The number of amides is 1. The van der Waals surface area contributed by atoms with Gasteiger partial charge in [0, 0.05) is 14.2 Å². The van der Waals surface area contributed by atoms with Crippen LogP contribution in [0.5, 0.6) is 0 Å². The van der Waals surface area contributed by atoms with Crippen LogP contribution in [0.25, 0.3) is 0 Å². The van der Waals surface area contributed by atoms with Crippen LogP contribution < -0.4 is 10.6 Å². The molecule has 3 nitrogen and oxygen atoms in total. The topological polar surface area (TPSA) is 41.1 Å². The third kappa shape index (κ3) is 1.69. The molecule has 6 heteroatoms. The van der Waals surface area contributed by atoms with E-state index in [0.717, 1.165) is 14.2 Å². The largest absolute Gasteiger partial charge is 0.346 e. The minimum Gasteiger partial charge on any atom is -0.346 e. The Labute approximate surface area is 99.0 Å². The van der Waals surface area contributed by atoms with E-state index < -0.39 is 0 Å². The van der Waals surface area contributed by atoms with Crippen molar-refractivity contribution in [2.75, 3.05) is 0 Å². The molecule has 1 atom stereocenters. The van der Waals surface area contributed by atoms with Gasteiger partial charge >= 0.3 is 0 Å². The van der Waals surface area contributed by atoms with Gasteiger partial charge in [0.2, 0.25) is 0 Å². The molecule has 1 aromatic rings. The van der Waals surface area contributed by atoms with E-state index in [4.69, 9.17) is 12.2 Å². The van der Waals surface area contributed by atoms with Crippen molar-refractivity contribution in [3.8, 4) is 0 Å². The summed E-state index contributed by atoms with van der Waals surface area (Å²) in [4.78, 5) is 13.6. The molecule has 0 bridgehead atoms. The van der Waals surface area contributed by atoms with E-state index in [0.29, 0.717) is 5.11 Å². The number of halogens is 1. The number of rotatable bonds is 1. The Bertz CT molecular complexity index is 396. The van der Waals surface area contributed by atoms with E-state index in [1.54, 1.807) is 11.3 Å². The SMILES string of the molecule is Cc1sc(C2NC(=S)NC2=O)cc1Br. The summed E-state index contributed by atoms with van der Waals surface area (Å²) in [6, 6.07) is 1.63. The summed E-state index contributed by atoms with van der Waals surface area (Å²) < 4.78 is 1.03. The number of thiocarbonyl (C=S) groups is 1. The maximum atomic E-state index is 11.4. The Balaban J connectivity index is 2.31. The number of carbonyl (C=O) groups excluding carboxylic acids is 1. The molecule has 2 rings (SSSR count).